The van der Waals surface area contributed by atoms with Crippen LogP contribution in [0, 0.1) is 21.4 Å². The highest BCUT2D eigenvalue weighted by Gasteiger charge is 2.18. The van der Waals surface area contributed by atoms with E-state index in [9.17, 15) is 20.2 Å². The number of nitro groups is 1. The van der Waals surface area contributed by atoms with Crippen LogP contribution in [0.1, 0.15) is 18.1 Å². The number of thioether (sulfide) groups is 1. The van der Waals surface area contributed by atoms with Gasteiger partial charge in [0.1, 0.15) is 17.4 Å². The number of benzene rings is 3. The number of nitriles is 1. The summed E-state index contributed by atoms with van der Waals surface area (Å²) in [5, 5.41) is 27.3. The quantitative estimate of drug-likeness (QED) is 0.161. The van der Waals surface area contributed by atoms with Crippen molar-refractivity contribution in [3.63, 3.8) is 0 Å². The third kappa shape index (κ3) is 7.35. The number of nitrogens with one attached hydrogen (secondary N) is 2. The Bertz CT molecular complexity index is 1260. The number of para-hydroxylation sites is 2. The van der Waals surface area contributed by atoms with Crippen molar-refractivity contribution in [3.05, 3.63) is 111 Å². The molecule has 9 heteroatoms. The normalized spacial score (nSPS) is 11.1. The molecule has 0 fully saturated rings. The number of rotatable bonds is 11. The van der Waals surface area contributed by atoms with E-state index in [1.165, 1.54) is 23.9 Å². The van der Waals surface area contributed by atoms with Crippen molar-refractivity contribution in [2.24, 2.45) is 0 Å². The highest BCUT2D eigenvalue weighted by molar-refractivity contribution is 8.02. The maximum absolute atomic E-state index is 13.0. The summed E-state index contributed by atoms with van der Waals surface area (Å²) in [6, 6.07) is 24.9. The van der Waals surface area contributed by atoms with Crippen LogP contribution in [0.4, 0.5) is 11.4 Å². The second-order valence-electron chi connectivity index (χ2n) is 7.25. The molecular weight excluding hydrogens is 464 g/mol. The smallest absolute Gasteiger partial charge is 0.269 e. The third-order valence-electron chi connectivity index (χ3n) is 4.80. The number of nitro benzene ring substituents is 1. The van der Waals surface area contributed by atoms with Gasteiger partial charge in [0.05, 0.1) is 22.2 Å². The number of ether oxygens (including phenoxy) is 1. The SMILES string of the molecule is CCOc1ccccc1N/C(SCc1cccc([N+](=O)[O-])c1)=C(/C#N)C(=O)NCc1ccccc1. The average Bonchev–Trinajstić information content (AvgIpc) is 2.88. The summed E-state index contributed by atoms with van der Waals surface area (Å²) in [5.74, 6) is 0.350. The number of non-ortho nitro benzene ring substituents is 1. The van der Waals surface area contributed by atoms with Gasteiger partial charge in [-0.1, -0.05) is 54.6 Å². The van der Waals surface area contributed by atoms with Crippen molar-refractivity contribution < 1.29 is 14.5 Å². The van der Waals surface area contributed by atoms with Crippen LogP contribution >= 0.6 is 11.8 Å². The fourth-order valence-electron chi connectivity index (χ4n) is 3.13. The molecule has 1 amide bonds. The molecule has 0 saturated heterocycles. The van der Waals surface area contributed by atoms with E-state index in [1.807, 2.05) is 55.5 Å². The van der Waals surface area contributed by atoms with Crippen molar-refractivity contribution in [1.29, 1.82) is 5.26 Å². The zero-order valence-electron chi connectivity index (χ0n) is 19.1. The summed E-state index contributed by atoms with van der Waals surface area (Å²) in [4.78, 5) is 23.7. The second-order valence-corrected chi connectivity index (χ2v) is 8.24. The first-order valence-electron chi connectivity index (χ1n) is 10.8. The minimum absolute atomic E-state index is 0.0237. The van der Waals surface area contributed by atoms with E-state index >= 15 is 0 Å². The van der Waals surface area contributed by atoms with Crippen LogP contribution < -0.4 is 15.4 Å². The van der Waals surface area contributed by atoms with Gasteiger partial charge in [0.2, 0.25) is 0 Å². The van der Waals surface area contributed by atoms with Crippen LogP contribution in [0.15, 0.2) is 89.5 Å². The van der Waals surface area contributed by atoms with Crippen LogP contribution in [0.5, 0.6) is 5.75 Å². The van der Waals surface area contributed by atoms with E-state index < -0.39 is 10.8 Å². The van der Waals surface area contributed by atoms with Gasteiger partial charge in [-0.3, -0.25) is 14.9 Å². The topological polar surface area (TPSA) is 117 Å². The van der Waals surface area contributed by atoms with Gasteiger partial charge in [-0.2, -0.15) is 5.26 Å². The molecule has 0 aliphatic carbocycles. The number of hydrogen-bond acceptors (Lipinski definition) is 7. The van der Waals surface area contributed by atoms with Crippen LogP contribution in [-0.2, 0) is 17.1 Å². The molecule has 0 bridgehead atoms. The lowest BCUT2D eigenvalue weighted by Gasteiger charge is -2.16. The van der Waals surface area contributed by atoms with Crippen molar-refractivity contribution in [3.8, 4) is 11.8 Å². The molecule has 0 aliphatic rings. The first kappa shape index (κ1) is 25.3. The maximum atomic E-state index is 13.0. The Labute approximate surface area is 207 Å². The zero-order chi connectivity index (χ0) is 25.0. The molecular formula is C26H24N4O4S. The minimum atomic E-state index is -0.528. The molecule has 3 aromatic carbocycles. The monoisotopic (exact) mass is 488 g/mol. The first-order valence-corrected chi connectivity index (χ1v) is 11.8. The van der Waals surface area contributed by atoms with Crippen molar-refractivity contribution in [2.75, 3.05) is 11.9 Å². The fourth-order valence-corrected chi connectivity index (χ4v) is 4.09. The number of carbonyl (C=O) groups excluding carboxylic acids is 1. The van der Waals surface area contributed by atoms with Crippen LogP contribution in [0.3, 0.4) is 0 Å². The van der Waals surface area contributed by atoms with Gasteiger partial charge in [-0.15, -0.1) is 11.8 Å². The van der Waals surface area contributed by atoms with Crippen LogP contribution in [-0.4, -0.2) is 17.4 Å². The van der Waals surface area contributed by atoms with Crippen molar-refractivity contribution >= 4 is 29.0 Å². The Kier molecular flexibility index (Phi) is 9.28. The van der Waals surface area contributed by atoms with Gasteiger partial charge < -0.3 is 15.4 Å². The molecule has 35 heavy (non-hydrogen) atoms. The standard InChI is InChI=1S/C26H24N4O4S/c1-2-34-24-14-7-6-13-23(24)29-26(35-18-20-11-8-12-21(15-20)30(32)33)22(16-27)25(31)28-17-19-9-4-3-5-10-19/h3-15,29H,2,17-18H2,1H3,(H,28,31)/b26-22+. The molecule has 0 radical (unpaired) electrons. The molecule has 0 heterocycles. The maximum Gasteiger partial charge on any atom is 0.269 e. The van der Waals surface area contributed by atoms with Gasteiger partial charge in [-0.25, -0.2) is 0 Å². The van der Waals surface area contributed by atoms with Gasteiger partial charge in [0.15, 0.2) is 0 Å². The number of nitrogens with zero attached hydrogens (tertiary/aromatic N) is 2. The molecule has 2 N–H and O–H groups in total. The summed E-state index contributed by atoms with van der Waals surface area (Å²) in [5.41, 5.74) is 2.06. The average molecular weight is 489 g/mol. The van der Waals surface area contributed by atoms with E-state index in [0.717, 1.165) is 5.56 Å². The fraction of sp³-hybridized carbons (Fsp3) is 0.154. The number of hydrogen-bond donors (Lipinski definition) is 2. The number of anilines is 1. The predicted octanol–water partition coefficient (Wildman–Crippen LogP) is 5.39. The van der Waals surface area contributed by atoms with E-state index in [1.54, 1.807) is 24.3 Å². The first-order chi connectivity index (χ1) is 17.0. The second kappa shape index (κ2) is 12.8. The lowest BCUT2D eigenvalue weighted by molar-refractivity contribution is -0.384. The summed E-state index contributed by atoms with van der Waals surface area (Å²) in [6.07, 6.45) is 0. The van der Waals surface area contributed by atoms with Gasteiger partial charge in [-0.05, 0) is 30.2 Å². The van der Waals surface area contributed by atoms with E-state index in [2.05, 4.69) is 10.6 Å². The molecule has 0 unspecified atom stereocenters. The Hall–Kier alpha value is -4.29. The van der Waals surface area contributed by atoms with E-state index in [4.69, 9.17) is 4.74 Å². The molecule has 0 spiro atoms. The van der Waals surface area contributed by atoms with Gasteiger partial charge in [0, 0.05) is 24.4 Å². The minimum Gasteiger partial charge on any atom is -0.492 e. The van der Waals surface area contributed by atoms with Crippen LogP contribution in [0.25, 0.3) is 0 Å². The predicted molar refractivity (Wildman–Crippen MR) is 137 cm³/mol. The Morgan fingerprint density at radius 3 is 2.49 bits per heavy atom. The van der Waals surface area contributed by atoms with Crippen molar-refractivity contribution in [2.45, 2.75) is 19.2 Å². The van der Waals surface area contributed by atoms with E-state index in [-0.39, 0.29) is 17.8 Å². The van der Waals surface area contributed by atoms with Crippen LogP contribution in [0.2, 0.25) is 0 Å². The van der Waals surface area contributed by atoms with Crippen molar-refractivity contribution in [1.82, 2.24) is 5.32 Å². The lowest BCUT2D eigenvalue weighted by Crippen LogP contribution is -2.25. The van der Waals surface area contributed by atoms with E-state index in [0.29, 0.717) is 34.4 Å². The number of carbonyl (C=O) groups is 1. The highest BCUT2D eigenvalue weighted by atomic mass is 32.2. The molecule has 3 aromatic rings. The number of amides is 1. The molecule has 8 nitrogen and oxygen atoms in total. The Morgan fingerprint density at radius 1 is 1.06 bits per heavy atom. The zero-order valence-corrected chi connectivity index (χ0v) is 19.9. The van der Waals surface area contributed by atoms with Gasteiger partial charge in [0.25, 0.3) is 11.6 Å². The Morgan fingerprint density at radius 2 is 1.77 bits per heavy atom. The largest absolute Gasteiger partial charge is 0.492 e. The molecule has 178 valence electrons. The summed E-state index contributed by atoms with van der Waals surface area (Å²) < 4.78 is 5.67. The Balaban J connectivity index is 1.89. The highest BCUT2D eigenvalue weighted by Crippen LogP contribution is 2.32. The molecule has 0 aliphatic heterocycles. The molecule has 0 aromatic heterocycles. The molecule has 0 saturated carbocycles. The van der Waals surface area contributed by atoms with Gasteiger partial charge >= 0.3 is 0 Å². The summed E-state index contributed by atoms with van der Waals surface area (Å²) >= 11 is 1.21. The third-order valence-corrected chi connectivity index (χ3v) is 5.87. The summed E-state index contributed by atoms with van der Waals surface area (Å²) in [6.45, 7) is 2.58. The molecule has 0 atom stereocenters. The lowest BCUT2D eigenvalue weighted by atomic mass is 10.2. The summed E-state index contributed by atoms with van der Waals surface area (Å²) in [7, 11) is 0. The molecule has 3 rings (SSSR count).